The van der Waals surface area contributed by atoms with Crippen molar-refractivity contribution in [2.75, 3.05) is 13.2 Å². The van der Waals surface area contributed by atoms with E-state index < -0.39 is 0 Å². The van der Waals surface area contributed by atoms with Gasteiger partial charge in [0.15, 0.2) is 0 Å². The van der Waals surface area contributed by atoms with Crippen LogP contribution in [0, 0.1) is 11.8 Å². The van der Waals surface area contributed by atoms with Crippen molar-refractivity contribution in [2.24, 2.45) is 11.8 Å². The molecule has 3 nitrogen and oxygen atoms in total. The number of hydrogen-bond donors (Lipinski definition) is 1. The van der Waals surface area contributed by atoms with Gasteiger partial charge in [0.2, 0.25) is 0 Å². The summed E-state index contributed by atoms with van der Waals surface area (Å²) >= 11 is 0. The molecule has 0 radical (unpaired) electrons. The van der Waals surface area contributed by atoms with E-state index in [0.717, 1.165) is 19.3 Å². The fraction of sp³-hybridized carbons (Fsp3) is 1.00. The van der Waals surface area contributed by atoms with E-state index in [1.807, 2.05) is 20.8 Å². The maximum atomic E-state index is 9.96. The van der Waals surface area contributed by atoms with Crippen LogP contribution in [-0.4, -0.2) is 36.1 Å². The highest BCUT2D eigenvalue weighted by atomic mass is 16.5. The molecule has 18 heavy (non-hydrogen) atoms. The Hall–Kier alpha value is -0.120. The second-order valence-corrected chi connectivity index (χ2v) is 6.75. The number of rotatable bonds is 5. The lowest BCUT2D eigenvalue weighted by atomic mass is 9.79. The normalized spacial score (nSPS) is 29.8. The molecule has 1 N–H and O–H groups in total. The fourth-order valence-corrected chi connectivity index (χ4v) is 2.48. The third kappa shape index (κ3) is 5.68. The summed E-state index contributed by atoms with van der Waals surface area (Å²) in [7, 11) is 0. The molecule has 1 rings (SSSR count). The van der Waals surface area contributed by atoms with Gasteiger partial charge in [0.25, 0.3) is 0 Å². The van der Waals surface area contributed by atoms with Gasteiger partial charge >= 0.3 is 0 Å². The van der Waals surface area contributed by atoms with E-state index >= 15 is 0 Å². The minimum Gasteiger partial charge on any atom is -0.390 e. The highest BCUT2D eigenvalue weighted by Gasteiger charge is 2.31. The Labute approximate surface area is 112 Å². The number of ether oxygens (including phenoxy) is 2. The van der Waals surface area contributed by atoms with Crippen molar-refractivity contribution >= 4 is 0 Å². The smallest absolute Gasteiger partial charge is 0.0837 e. The van der Waals surface area contributed by atoms with Crippen molar-refractivity contribution in [3.63, 3.8) is 0 Å². The Bertz CT molecular complexity index is 232. The van der Waals surface area contributed by atoms with Crippen LogP contribution in [0.5, 0.6) is 0 Å². The molecule has 0 aromatic carbocycles. The van der Waals surface area contributed by atoms with E-state index in [2.05, 4.69) is 13.8 Å². The first-order chi connectivity index (χ1) is 8.29. The molecule has 0 aliphatic heterocycles. The quantitative estimate of drug-likeness (QED) is 0.770. The zero-order valence-corrected chi connectivity index (χ0v) is 12.6. The first-order valence-electron chi connectivity index (χ1n) is 7.23. The lowest BCUT2D eigenvalue weighted by molar-refractivity contribution is -0.103. The molecule has 0 heterocycles. The average Bonchev–Trinajstić information content (AvgIpc) is 2.24. The van der Waals surface area contributed by atoms with Crippen LogP contribution in [0.2, 0.25) is 0 Å². The van der Waals surface area contributed by atoms with E-state index in [1.165, 1.54) is 0 Å². The molecule has 3 unspecified atom stereocenters. The number of hydrogen-bond acceptors (Lipinski definition) is 3. The molecule has 0 spiro atoms. The molecule has 0 amide bonds. The van der Waals surface area contributed by atoms with Crippen LogP contribution in [0.25, 0.3) is 0 Å². The topological polar surface area (TPSA) is 38.7 Å². The molecule has 3 atom stereocenters. The number of aliphatic hydroxyl groups is 1. The summed E-state index contributed by atoms with van der Waals surface area (Å²) in [5, 5.41) is 9.96. The van der Waals surface area contributed by atoms with E-state index in [1.54, 1.807) is 0 Å². The molecule has 1 aliphatic carbocycles. The van der Waals surface area contributed by atoms with Crippen LogP contribution >= 0.6 is 0 Å². The van der Waals surface area contributed by atoms with Gasteiger partial charge in [-0.15, -0.1) is 0 Å². The average molecular weight is 258 g/mol. The van der Waals surface area contributed by atoms with Crippen molar-refractivity contribution < 1.29 is 14.6 Å². The van der Waals surface area contributed by atoms with Crippen LogP contribution in [0.15, 0.2) is 0 Å². The first-order valence-corrected chi connectivity index (χ1v) is 7.23. The van der Waals surface area contributed by atoms with Crippen LogP contribution in [0.1, 0.15) is 53.9 Å². The Balaban J connectivity index is 2.27. The predicted molar refractivity (Wildman–Crippen MR) is 73.6 cm³/mol. The van der Waals surface area contributed by atoms with Gasteiger partial charge in [-0.3, -0.25) is 0 Å². The summed E-state index contributed by atoms with van der Waals surface area (Å²) in [4.78, 5) is 0. The maximum Gasteiger partial charge on any atom is 0.0837 e. The van der Waals surface area contributed by atoms with E-state index in [4.69, 9.17) is 9.47 Å². The van der Waals surface area contributed by atoms with E-state index in [-0.39, 0.29) is 17.8 Å². The molecule has 0 aromatic rings. The molecule has 1 fully saturated rings. The van der Waals surface area contributed by atoms with E-state index in [0.29, 0.717) is 25.0 Å². The largest absolute Gasteiger partial charge is 0.390 e. The van der Waals surface area contributed by atoms with Crippen LogP contribution < -0.4 is 0 Å². The first kappa shape index (κ1) is 15.9. The summed E-state index contributed by atoms with van der Waals surface area (Å²) in [6.07, 6.45) is 2.67. The highest BCUT2D eigenvalue weighted by Crippen LogP contribution is 2.31. The summed E-state index contributed by atoms with van der Waals surface area (Å²) in [6, 6.07) is 0. The second-order valence-electron chi connectivity index (χ2n) is 6.75. The molecule has 108 valence electrons. The minimum atomic E-state index is -0.297. The van der Waals surface area contributed by atoms with Gasteiger partial charge < -0.3 is 14.6 Å². The highest BCUT2D eigenvalue weighted by molar-refractivity contribution is 4.81. The molecule has 0 saturated heterocycles. The Kier molecular flexibility index (Phi) is 6.09. The van der Waals surface area contributed by atoms with Crippen molar-refractivity contribution in [1.82, 2.24) is 0 Å². The van der Waals surface area contributed by atoms with Gasteiger partial charge in [-0.25, -0.2) is 0 Å². The molecule has 1 saturated carbocycles. The molecule has 0 aromatic heterocycles. The van der Waals surface area contributed by atoms with Gasteiger partial charge in [-0.2, -0.15) is 0 Å². The van der Waals surface area contributed by atoms with Crippen LogP contribution in [0.3, 0.4) is 0 Å². The summed E-state index contributed by atoms with van der Waals surface area (Å²) < 4.78 is 11.4. The lowest BCUT2D eigenvalue weighted by Crippen LogP contribution is -2.38. The molecular formula is C15H30O3. The van der Waals surface area contributed by atoms with Crippen LogP contribution in [0.4, 0.5) is 0 Å². The van der Waals surface area contributed by atoms with Gasteiger partial charge in [0, 0.05) is 0 Å². The summed E-state index contributed by atoms with van der Waals surface area (Å²) in [5.74, 6) is 1.36. The zero-order chi connectivity index (χ0) is 13.8. The summed E-state index contributed by atoms with van der Waals surface area (Å²) in [5.41, 5.74) is -0.116. The maximum absolute atomic E-state index is 9.96. The lowest BCUT2D eigenvalue weighted by Gasteiger charge is -2.35. The molecular weight excluding hydrogens is 228 g/mol. The van der Waals surface area contributed by atoms with Crippen molar-refractivity contribution in [3.05, 3.63) is 0 Å². The molecule has 3 heteroatoms. The third-order valence-corrected chi connectivity index (χ3v) is 3.69. The standard InChI is InChI=1S/C15H30O3/c1-11(2)12-6-7-13(16)14(10-12)17-8-9-18-15(3,4)5/h11-14,16H,6-10H2,1-5H3. The Morgan fingerprint density at radius 3 is 2.39 bits per heavy atom. The zero-order valence-electron chi connectivity index (χ0n) is 12.6. The van der Waals surface area contributed by atoms with Gasteiger partial charge in [0.05, 0.1) is 31.0 Å². The Morgan fingerprint density at radius 1 is 1.17 bits per heavy atom. The van der Waals surface area contributed by atoms with Gasteiger partial charge in [-0.05, 0) is 51.9 Å². The third-order valence-electron chi connectivity index (χ3n) is 3.69. The Morgan fingerprint density at radius 2 is 1.83 bits per heavy atom. The molecule has 0 bridgehead atoms. The van der Waals surface area contributed by atoms with Crippen LogP contribution in [-0.2, 0) is 9.47 Å². The SMILES string of the molecule is CC(C)C1CCC(O)C(OCCOC(C)(C)C)C1. The van der Waals surface area contributed by atoms with Gasteiger partial charge in [0.1, 0.15) is 0 Å². The van der Waals surface area contributed by atoms with Crippen molar-refractivity contribution in [2.45, 2.75) is 71.7 Å². The number of aliphatic hydroxyl groups excluding tert-OH is 1. The molecule has 1 aliphatic rings. The fourth-order valence-electron chi connectivity index (χ4n) is 2.48. The monoisotopic (exact) mass is 258 g/mol. The van der Waals surface area contributed by atoms with Gasteiger partial charge in [-0.1, -0.05) is 13.8 Å². The van der Waals surface area contributed by atoms with Crippen molar-refractivity contribution in [3.8, 4) is 0 Å². The van der Waals surface area contributed by atoms with E-state index in [9.17, 15) is 5.11 Å². The minimum absolute atomic E-state index is 0.00489. The summed E-state index contributed by atoms with van der Waals surface area (Å²) in [6.45, 7) is 11.8. The van der Waals surface area contributed by atoms with Crippen molar-refractivity contribution in [1.29, 1.82) is 0 Å². The second kappa shape index (κ2) is 6.88. The predicted octanol–water partition coefficient (Wildman–Crippen LogP) is 3.00.